The Labute approximate surface area is 155 Å². The largest absolute Gasteiger partial charge is 0.481 e. The fraction of sp³-hybridized carbons (Fsp3) is 0.579. The molecule has 3 rings (SSSR count). The standard InChI is InChI=1S/C19H23F3N2O3/c20-19(21,22)13-6-4-12(5-7-13)15-11-24(16-8-9-23-10-14(15)16)17(25)2-1-3-18(26)27/h4-7,14-16,23H,1-3,8-11H2,(H,26,27)/t14-,15-,16-/m1/s1. The number of likely N-dealkylation sites (tertiary alicyclic amines) is 1. The van der Waals surface area contributed by atoms with E-state index >= 15 is 0 Å². The van der Waals surface area contributed by atoms with E-state index < -0.39 is 17.7 Å². The lowest BCUT2D eigenvalue weighted by Gasteiger charge is -2.33. The van der Waals surface area contributed by atoms with E-state index in [1.807, 2.05) is 4.90 Å². The zero-order valence-corrected chi connectivity index (χ0v) is 14.8. The molecule has 2 saturated heterocycles. The van der Waals surface area contributed by atoms with Gasteiger partial charge in [-0.2, -0.15) is 13.2 Å². The lowest BCUT2D eigenvalue weighted by Crippen LogP contribution is -2.46. The van der Waals surface area contributed by atoms with Gasteiger partial charge in [-0.05, 0) is 37.1 Å². The van der Waals surface area contributed by atoms with Crippen molar-refractivity contribution in [3.8, 4) is 0 Å². The first-order chi connectivity index (χ1) is 12.8. The highest BCUT2D eigenvalue weighted by Gasteiger charge is 2.45. The van der Waals surface area contributed by atoms with E-state index in [0.29, 0.717) is 13.0 Å². The van der Waals surface area contributed by atoms with Crippen molar-refractivity contribution in [3.63, 3.8) is 0 Å². The van der Waals surface area contributed by atoms with E-state index in [-0.39, 0.29) is 36.6 Å². The maximum absolute atomic E-state index is 12.8. The zero-order valence-electron chi connectivity index (χ0n) is 14.8. The summed E-state index contributed by atoms with van der Waals surface area (Å²) in [6.45, 7) is 1.98. The van der Waals surface area contributed by atoms with Crippen molar-refractivity contribution in [2.45, 2.75) is 43.8 Å². The maximum atomic E-state index is 12.8. The molecular weight excluding hydrogens is 361 g/mol. The number of carbonyl (C=O) groups excluding carboxylic acids is 1. The highest BCUT2D eigenvalue weighted by atomic mass is 19.4. The van der Waals surface area contributed by atoms with E-state index in [0.717, 1.165) is 37.2 Å². The number of hydrogen-bond donors (Lipinski definition) is 2. The summed E-state index contributed by atoms with van der Waals surface area (Å²) in [5.41, 5.74) is 0.131. The molecule has 0 radical (unpaired) electrons. The van der Waals surface area contributed by atoms with Crippen LogP contribution in [0.25, 0.3) is 0 Å². The molecule has 0 aliphatic carbocycles. The SMILES string of the molecule is O=C(O)CCCC(=O)N1C[C@H](c2ccc(C(F)(F)F)cc2)[C@H]2CNCC[C@H]21. The van der Waals surface area contributed by atoms with E-state index in [2.05, 4.69) is 5.32 Å². The molecule has 2 N–H and O–H groups in total. The molecular formula is C19H23F3N2O3. The summed E-state index contributed by atoms with van der Waals surface area (Å²) < 4.78 is 38.4. The number of piperidine rings is 1. The second-order valence-corrected chi connectivity index (χ2v) is 7.24. The Morgan fingerprint density at radius 1 is 1.19 bits per heavy atom. The number of carbonyl (C=O) groups is 2. The summed E-state index contributed by atoms with van der Waals surface area (Å²) in [5, 5.41) is 12.0. The minimum Gasteiger partial charge on any atom is -0.481 e. The van der Waals surface area contributed by atoms with Crippen molar-refractivity contribution < 1.29 is 27.9 Å². The van der Waals surface area contributed by atoms with Crippen molar-refractivity contribution in [2.24, 2.45) is 5.92 Å². The minimum absolute atomic E-state index is 0.0199. The number of nitrogens with one attached hydrogen (secondary N) is 1. The van der Waals surface area contributed by atoms with Gasteiger partial charge in [0.15, 0.2) is 0 Å². The van der Waals surface area contributed by atoms with Gasteiger partial charge in [0.1, 0.15) is 0 Å². The smallest absolute Gasteiger partial charge is 0.416 e. The van der Waals surface area contributed by atoms with Gasteiger partial charge in [0, 0.05) is 43.8 Å². The summed E-state index contributed by atoms with van der Waals surface area (Å²) in [7, 11) is 0. The molecule has 1 amide bonds. The van der Waals surface area contributed by atoms with Crippen molar-refractivity contribution >= 4 is 11.9 Å². The highest BCUT2D eigenvalue weighted by molar-refractivity contribution is 5.78. The Balaban J connectivity index is 1.74. The van der Waals surface area contributed by atoms with Crippen LogP contribution in [0.5, 0.6) is 0 Å². The molecule has 1 aromatic rings. The van der Waals surface area contributed by atoms with Crippen molar-refractivity contribution in [1.82, 2.24) is 10.2 Å². The van der Waals surface area contributed by atoms with Crippen LogP contribution in [0.1, 0.15) is 42.7 Å². The molecule has 0 saturated carbocycles. The Morgan fingerprint density at radius 2 is 1.89 bits per heavy atom. The van der Waals surface area contributed by atoms with Crippen LogP contribution in [0.2, 0.25) is 0 Å². The second kappa shape index (κ2) is 7.88. The average Bonchev–Trinajstić information content (AvgIpc) is 3.00. The van der Waals surface area contributed by atoms with Crippen LogP contribution in [0, 0.1) is 5.92 Å². The van der Waals surface area contributed by atoms with Gasteiger partial charge in [0.25, 0.3) is 0 Å². The van der Waals surface area contributed by atoms with Gasteiger partial charge in [-0.15, -0.1) is 0 Å². The third-order valence-electron chi connectivity index (χ3n) is 5.57. The molecule has 2 aliphatic heterocycles. The van der Waals surface area contributed by atoms with Crippen molar-refractivity contribution in [2.75, 3.05) is 19.6 Å². The quantitative estimate of drug-likeness (QED) is 0.819. The molecule has 2 heterocycles. The first-order valence-corrected chi connectivity index (χ1v) is 9.16. The highest BCUT2D eigenvalue weighted by Crippen LogP contribution is 2.41. The van der Waals surface area contributed by atoms with Gasteiger partial charge < -0.3 is 15.3 Å². The summed E-state index contributed by atoms with van der Waals surface area (Å²) in [4.78, 5) is 25.1. The summed E-state index contributed by atoms with van der Waals surface area (Å²) in [5.74, 6) is -0.860. The average molecular weight is 384 g/mol. The molecule has 0 bridgehead atoms. The van der Waals surface area contributed by atoms with Crippen molar-refractivity contribution in [3.05, 3.63) is 35.4 Å². The normalized spacial score (nSPS) is 25.3. The minimum atomic E-state index is -4.37. The second-order valence-electron chi connectivity index (χ2n) is 7.24. The number of carboxylic acid groups (broad SMARTS) is 1. The molecule has 2 fully saturated rings. The number of carboxylic acids is 1. The summed E-state index contributed by atoms with van der Waals surface area (Å²) >= 11 is 0. The molecule has 8 heteroatoms. The van der Waals surface area contributed by atoms with Gasteiger partial charge in [0.05, 0.1) is 5.56 Å². The van der Waals surface area contributed by atoms with Crippen LogP contribution in [-0.2, 0) is 15.8 Å². The molecule has 27 heavy (non-hydrogen) atoms. The number of rotatable bonds is 5. The van der Waals surface area contributed by atoms with E-state index in [9.17, 15) is 22.8 Å². The third kappa shape index (κ3) is 4.43. The fourth-order valence-corrected chi connectivity index (χ4v) is 4.24. The number of halogens is 3. The Morgan fingerprint density at radius 3 is 2.52 bits per heavy atom. The zero-order chi connectivity index (χ0) is 19.6. The number of nitrogens with zero attached hydrogens (tertiary/aromatic N) is 1. The molecule has 148 valence electrons. The van der Waals surface area contributed by atoms with Gasteiger partial charge in [0.2, 0.25) is 5.91 Å². The van der Waals surface area contributed by atoms with Gasteiger partial charge in [-0.1, -0.05) is 12.1 Å². The fourth-order valence-electron chi connectivity index (χ4n) is 4.24. The topological polar surface area (TPSA) is 69.6 Å². The first-order valence-electron chi connectivity index (χ1n) is 9.16. The maximum Gasteiger partial charge on any atom is 0.416 e. The van der Waals surface area contributed by atoms with Crippen LogP contribution in [0.4, 0.5) is 13.2 Å². The van der Waals surface area contributed by atoms with Gasteiger partial charge in [-0.25, -0.2) is 0 Å². The van der Waals surface area contributed by atoms with E-state index in [1.54, 1.807) is 0 Å². The van der Waals surface area contributed by atoms with E-state index in [4.69, 9.17) is 5.11 Å². The Bertz CT molecular complexity index is 690. The molecule has 2 aliphatic rings. The molecule has 1 aromatic carbocycles. The first kappa shape index (κ1) is 19.7. The van der Waals surface area contributed by atoms with Crippen LogP contribution < -0.4 is 5.32 Å². The van der Waals surface area contributed by atoms with Gasteiger partial charge in [-0.3, -0.25) is 9.59 Å². The lowest BCUT2D eigenvalue weighted by atomic mass is 9.82. The third-order valence-corrected chi connectivity index (χ3v) is 5.57. The van der Waals surface area contributed by atoms with Crippen LogP contribution in [0.3, 0.4) is 0 Å². The summed E-state index contributed by atoms with van der Waals surface area (Å²) in [6, 6.07) is 5.27. The number of fused-ring (bicyclic) bond motifs is 1. The van der Waals surface area contributed by atoms with Crippen LogP contribution in [-0.4, -0.2) is 47.6 Å². The monoisotopic (exact) mass is 384 g/mol. The lowest BCUT2D eigenvalue weighted by molar-refractivity contribution is -0.138. The van der Waals surface area contributed by atoms with E-state index in [1.165, 1.54) is 12.1 Å². The molecule has 0 spiro atoms. The number of benzene rings is 1. The Hall–Kier alpha value is -2.09. The number of hydrogen-bond acceptors (Lipinski definition) is 3. The molecule has 3 atom stereocenters. The predicted molar refractivity (Wildman–Crippen MR) is 92.1 cm³/mol. The van der Waals surface area contributed by atoms with Crippen LogP contribution >= 0.6 is 0 Å². The van der Waals surface area contributed by atoms with Crippen molar-refractivity contribution in [1.29, 1.82) is 0 Å². The predicted octanol–water partition coefficient (Wildman–Crippen LogP) is 2.86. The number of aliphatic carboxylic acids is 1. The number of alkyl halides is 3. The molecule has 5 nitrogen and oxygen atoms in total. The Kier molecular flexibility index (Phi) is 5.74. The van der Waals surface area contributed by atoms with Crippen LogP contribution in [0.15, 0.2) is 24.3 Å². The number of amides is 1. The molecule has 0 unspecified atom stereocenters. The summed E-state index contributed by atoms with van der Waals surface area (Å²) in [6.07, 6.45) is -3.13. The molecule has 0 aromatic heterocycles. The van der Waals surface area contributed by atoms with Gasteiger partial charge >= 0.3 is 12.1 Å².